The van der Waals surface area contributed by atoms with Gasteiger partial charge in [0, 0.05) is 23.8 Å². The minimum absolute atomic E-state index is 0.0176. The second kappa shape index (κ2) is 10.5. The van der Waals surface area contributed by atoms with E-state index in [1.54, 1.807) is 0 Å². The third kappa shape index (κ3) is 6.59. The highest BCUT2D eigenvalue weighted by atomic mass is 16.5. The van der Waals surface area contributed by atoms with Gasteiger partial charge in [0.2, 0.25) is 5.76 Å². The zero-order valence-electron chi connectivity index (χ0n) is 22.4. The van der Waals surface area contributed by atoms with E-state index < -0.39 is 0 Å². The van der Waals surface area contributed by atoms with Crippen LogP contribution in [0.2, 0.25) is 0 Å². The van der Waals surface area contributed by atoms with Gasteiger partial charge in [-0.15, -0.1) is 0 Å². The molecule has 0 bridgehead atoms. The molecule has 0 radical (unpaired) electrons. The third-order valence-corrected chi connectivity index (χ3v) is 6.56. The first-order valence-corrected chi connectivity index (χ1v) is 12.5. The molecule has 0 amide bonds. The van der Waals surface area contributed by atoms with Gasteiger partial charge in [-0.1, -0.05) is 19.1 Å². The molecule has 1 heterocycles. The Balaban J connectivity index is 1.56. The van der Waals surface area contributed by atoms with Crippen LogP contribution in [0.4, 0.5) is 0 Å². The number of aliphatic imine (C=N–C) groups is 1. The first kappa shape index (κ1) is 26.2. The van der Waals surface area contributed by atoms with E-state index in [2.05, 4.69) is 78.6 Å². The fourth-order valence-corrected chi connectivity index (χ4v) is 4.23. The number of benzene rings is 1. The van der Waals surface area contributed by atoms with Crippen molar-refractivity contribution in [3.8, 4) is 5.75 Å². The number of rotatable bonds is 8. The lowest BCUT2D eigenvalue weighted by Crippen LogP contribution is -2.28. The minimum atomic E-state index is -0.167. The van der Waals surface area contributed by atoms with E-state index in [4.69, 9.17) is 14.5 Å². The predicted octanol–water partition coefficient (Wildman–Crippen LogP) is 6.51. The van der Waals surface area contributed by atoms with Crippen LogP contribution < -0.4 is 4.74 Å². The van der Waals surface area contributed by atoms with Gasteiger partial charge in [0.05, 0.1) is 31.2 Å². The summed E-state index contributed by atoms with van der Waals surface area (Å²) < 4.78 is 12.2. The second-order valence-corrected chi connectivity index (χ2v) is 11.6. The molecule has 5 heteroatoms. The van der Waals surface area contributed by atoms with Crippen LogP contribution in [0.1, 0.15) is 66.9 Å². The quantitative estimate of drug-likeness (QED) is 0.443. The van der Waals surface area contributed by atoms with Crippen molar-refractivity contribution >= 4 is 5.90 Å². The monoisotopic (exact) mass is 467 g/mol. The van der Waals surface area contributed by atoms with Gasteiger partial charge < -0.3 is 19.5 Å². The number of ether oxygens (including phenoxy) is 2. The largest absolute Gasteiger partial charge is 0.493 e. The molecule has 1 aromatic rings. The number of nitrogens with zero attached hydrogens (tertiary/aromatic N) is 2. The Kier molecular flexibility index (Phi) is 8.07. The lowest BCUT2D eigenvalue weighted by Gasteiger charge is -2.30. The Bertz CT molecular complexity index is 930. The Labute approximate surface area is 206 Å². The molecule has 1 N–H and O–H groups in total. The van der Waals surface area contributed by atoms with Crippen molar-refractivity contribution in [1.82, 2.24) is 4.90 Å². The van der Waals surface area contributed by atoms with Crippen LogP contribution in [0, 0.1) is 16.7 Å². The maximum absolute atomic E-state index is 11.0. The molecule has 3 rings (SSSR count). The van der Waals surface area contributed by atoms with Gasteiger partial charge >= 0.3 is 0 Å². The van der Waals surface area contributed by atoms with Gasteiger partial charge in [0.1, 0.15) is 23.3 Å². The zero-order chi connectivity index (χ0) is 25.1. The Morgan fingerprint density at radius 2 is 1.82 bits per heavy atom. The van der Waals surface area contributed by atoms with E-state index in [0.29, 0.717) is 31.2 Å². The predicted molar refractivity (Wildman–Crippen MR) is 140 cm³/mol. The minimum Gasteiger partial charge on any atom is -0.493 e. The van der Waals surface area contributed by atoms with Gasteiger partial charge in [0.15, 0.2) is 0 Å². The summed E-state index contributed by atoms with van der Waals surface area (Å²) in [6, 6.07) is 8.34. The average Bonchev–Trinajstić information content (AvgIpc) is 3.22. The molecule has 0 fully saturated rings. The maximum atomic E-state index is 11.0. The summed E-state index contributed by atoms with van der Waals surface area (Å²) in [5.74, 6) is 2.98. The molecule has 0 aromatic heterocycles. The van der Waals surface area contributed by atoms with E-state index in [-0.39, 0.29) is 16.9 Å². The number of hydrogen-bond acceptors (Lipinski definition) is 5. The van der Waals surface area contributed by atoms with Crippen LogP contribution in [0.15, 0.2) is 52.2 Å². The molecule has 1 aliphatic heterocycles. The van der Waals surface area contributed by atoms with Crippen molar-refractivity contribution in [2.75, 3.05) is 26.7 Å². The van der Waals surface area contributed by atoms with E-state index in [9.17, 15) is 5.11 Å². The lowest BCUT2D eigenvalue weighted by molar-refractivity contribution is 0.177. The van der Waals surface area contributed by atoms with E-state index in [1.807, 2.05) is 12.1 Å². The number of allylic oxidation sites excluding steroid dienone is 2. The van der Waals surface area contributed by atoms with Crippen molar-refractivity contribution < 1.29 is 14.6 Å². The van der Waals surface area contributed by atoms with Crippen LogP contribution in [-0.4, -0.2) is 48.8 Å². The summed E-state index contributed by atoms with van der Waals surface area (Å²) >= 11 is 0. The van der Waals surface area contributed by atoms with Gasteiger partial charge in [-0.2, -0.15) is 0 Å². The van der Waals surface area contributed by atoms with Crippen LogP contribution >= 0.6 is 0 Å². The molecular formula is C29H43N2O3+. The standard InChI is InChI=1S/C29H42N2O3/c1-9-31(8)19-20-10-12-22(13-11-20)33-15-14-23-18-30-27(34-23)21-16-24(28(2,3)4)26(32)25(17-21)29(5,6)7/h10-13,16,23H,9,14-15,17-19H2,1-8H3/p+1. The maximum Gasteiger partial charge on any atom is 0.273 e. The van der Waals surface area contributed by atoms with E-state index >= 15 is 0 Å². The van der Waals surface area contributed by atoms with Crippen LogP contribution in [-0.2, 0) is 11.3 Å². The first-order chi connectivity index (χ1) is 15.9. The molecule has 34 heavy (non-hydrogen) atoms. The smallest absolute Gasteiger partial charge is 0.273 e. The number of aliphatic hydroxyl groups excluding tert-OH is 1. The topological polar surface area (TPSA) is 54.3 Å². The molecule has 1 unspecified atom stereocenters. The molecular weight excluding hydrogens is 424 g/mol. The number of aliphatic hydroxyl groups is 1. The van der Waals surface area contributed by atoms with Crippen molar-refractivity contribution in [3.63, 3.8) is 0 Å². The van der Waals surface area contributed by atoms with Crippen LogP contribution in [0.5, 0.6) is 5.75 Å². The van der Waals surface area contributed by atoms with Crippen molar-refractivity contribution in [2.24, 2.45) is 15.8 Å². The summed E-state index contributed by atoms with van der Waals surface area (Å²) in [6.45, 7) is 18.2. The Morgan fingerprint density at radius 3 is 2.41 bits per heavy atom. The van der Waals surface area contributed by atoms with Gasteiger partial charge in [0.25, 0.3) is 5.90 Å². The molecule has 0 spiro atoms. The molecule has 1 aromatic carbocycles. The molecule has 1 atom stereocenters. The van der Waals surface area contributed by atoms with Crippen LogP contribution in [0.25, 0.3) is 0 Å². The van der Waals surface area contributed by atoms with Crippen molar-refractivity contribution in [2.45, 2.75) is 74.0 Å². The molecule has 0 saturated heterocycles. The normalized spacial score (nSPS) is 19.3. The number of hydrogen-bond donors (Lipinski definition) is 1. The van der Waals surface area contributed by atoms with Gasteiger partial charge in [-0.3, -0.25) is 0 Å². The lowest BCUT2D eigenvalue weighted by atomic mass is 9.69. The SMILES string of the molecule is CCN(C)Cc1ccc(OCCC2CN=C(C3=C[C+](C(C)(C)C)C(O)=C(C(C)(C)C)C3)O2)cc1. The highest BCUT2D eigenvalue weighted by Gasteiger charge is 2.45. The Morgan fingerprint density at radius 1 is 1.15 bits per heavy atom. The van der Waals surface area contributed by atoms with Crippen molar-refractivity contribution in [3.05, 3.63) is 58.7 Å². The van der Waals surface area contributed by atoms with E-state index in [1.165, 1.54) is 5.56 Å². The fourth-order valence-electron chi connectivity index (χ4n) is 4.23. The summed E-state index contributed by atoms with van der Waals surface area (Å²) in [6.07, 6.45) is 3.55. The fraction of sp³-hybridized carbons (Fsp3) is 0.586. The Hall–Kier alpha value is -2.40. The summed E-state index contributed by atoms with van der Waals surface area (Å²) in [4.78, 5) is 6.99. The highest BCUT2D eigenvalue weighted by Crippen LogP contribution is 2.46. The second-order valence-electron chi connectivity index (χ2n) is 11.6. The van der Waals surface area contributed by atoms with E-state index in [0.717, 1.165) is 42.3 Å². The van der Waals surface area contributed by atoms with Gasteiger partial charge in [-0.05, 0) is 72.8 Å². The molecule has 5 nitrogen and oxygen atoms in total. The summed E-state index contributed by atoms with van der Waals surface area (Å²) in [7, 11) is 2.12. The van der Waals surface area contributed by atoms with Crippen LogP contribution in [0.3, 0.4) is 0 Å². The summed E-state index contributed by atoms with van der Waals surface area (Å²) in [5, 5.41) is 11.0. The van der Waals surface area contributed by atoms with Gasteiger partial charge in [-0.25, -0.2) is 4.99 Å². The molecule has 2 aliphatic rings. The molecule has 186 valence electrons. The third-order valence-electron chi connectivity index (χ3n) is 6.56. The molecule has 1 aliphatic carbocycles. The highest BCUT2D eigenvalue weighted by molar-refractivity contribution is 5.96. The first-order valence-electron chi connectivity index (χ1n) is 12.5. The molecule has 0 saturated carbocycles. The van der Waals surface area contributed by atoms with Crippen molar-refractivity contribution in [1.29, 1.82) is 0 Å². The summed E-state index contributed by atoms with van der Waals surface area (Å²) in [5.41, 5.74) is 3.09. The average molecular weight is 468 g/mol. The zero-order valence-corrected chi connectivity index (χ0v) is 22.4.